The second kappa shape index (κ2) is 5.98. The number of nitrogens with one attached hydrogen (secondary N) is 1. The molecule has 2 rings (SSSR count). The minimum absolute atomic E-state index is 0.319. The molecule has 1 fully saturated rings. The Labute approximate surface area is 118 Å². The molecule has 0 amide bonds. The Morgan fingerprint density at radius 1 is 1.45 bits per heavy atom. The average Bonchev–Trinajstić information content (AvgIpc) is 2.46. The second-order valence-corrected chi connectivity index (χ2v) is 5.42. The molecule has 1 aromatic carbocycles. The third-order valence-corrected chi connectivity index (χ3v) is 3.92. The van der Waals surface area contributed by atoms with Gasteiger partial charge in [0, 0.05) is 17.8 Å². The predicted molar refractivity (Wildman–Crippen MR) is 77.4 cm³/mol. The van der Waals surface area contributed by atoms with Gasteiger partial charge in [-0.2, -0.15) is 0 Å². The summed E-state index contributed by atoms with van der Waals surface area (Å²) >= 11 is 0. The molecule has 4 nitrogen and oxygen atoms in total. The van der Waals surface area contributed by atoms with E-state index in [9.17, 15) is 9.90 Å². The zero-order valence-electron chi connectivity index (χ0n) is 11.3. The molecule has 0 saturated heterocycles. The molecule has 0 spiro atoms. The van der Waals surface area contributed by atoms with Crippen molar-refractivity contribution in [2.24, 2.45) is 5.92 Å². The van der Waals surface area contributed by atoms with E-state index in [2.05, 4.69) is 11.2 Å². The van der Waals surface area contributed by atoms with Gasteiger partial charge in [-0.3, -0.25) is 4.79 Å². The minimum Gasteiger partial charge on any atom is -0.481 e. The van der Waals surface area contributed by atoms with Gasteiger partial charge >= 0.3 is 5.97 Å². The number of carboxylic acid groups (broad SMARTS) is 1. The van der Waals surface area contributed by atoms with Crippen molar-refractivity contribution >= 4 is 11.7 Å². The molecule has 0 atom stereocenters. The van der Waals surface area contributed by atoms with Crippen molar-refractivity contribution in [1.82, 2.24) is 0 Å². The topological polar surface area (TPSA) is 69.6 Å². The first-order chi connectivity index (χ1) is 9.52. The monoisotopic (exact) mass is 273 g/mol. The molecule has 1 saturated carbocycles. The Hall–Kier alpha value is -1.99. The van der Waals surface area contributed by atoms with Crippen molar-refractivity contribution in [3.05, 3.63) is 29.8 Å². The Bertz CT molecular complexity index is 525. The van der Waals surface area contributed by atoms with E-state index in [4.69, 9.17) is 11.5 Å². The van der Waals surface area contributed by atoms with Crippen molar-refractivity contribution in [3.63, 3.8) is 0 Å². The van der Waals surface area contributed by atoms with Crippen LogP contribution in [0.1, 0.15) is 31.2 Å². The smallest absolute Gasteiger partial charge is 0.306 e. The van der Waals surface area contributed by atoms with Crippen LogP contribution in [0.3, 0.4) is 0 Å². The van der Waals surface area contributed by atoms with E-state index in [1.165, 1.54) is 0 Å². The van der Waals surface area contributed by atoms with Crippen LogP contribution in [0.2, 0.25) is 0 Å². The molecule has 0 radical (unpaired) electrons. The van der Waals surface area contributed by atoms with Gasteiger partial charge in [-0.05, 0) is 43.9 Å². The first kappa shape index (κ1) is 14.4. The highest BCUT2D eigenvalue weighted by atomic mass is 16.4. The number of carbonyl (C=O) groups is 1. The molecule has 1 aliphatic rings. The van der Waals surface area contributed by atoms with E-state index in [1.807, 2.05) is 24.3 Å². The summed E-state index contributed by atoms with van der Waals surface area (Å²) in [5.74, 6) is 1.48. The summed E-state index contributed by atoms with van der Waals surface area (Å²) in [6.45, 7) is 0.410. The lowest BCUT2D eigenvalue weighted by Gasteiger charge is -2.35. The first-order valence-electron chi connectivity index (χ1n) is 6.78. The SMILES string of the molecule is C#Cc1cccc(NCC2(O)CCC(C(=O)O)CC2)c1. The van der Waals surface area contributed by atoms with E-state index >= 15 is 0 Å². The minimum atomic E-state index is -0.835. The van der Waals surface area contributed by atoms with Gasteiger partial charge in [0.2, 0.25) is 0 Å². The molecule has 0 aliphatic heterocycles. The lowest BCUT2D eigenvalue weighted by Crippen LogP contribution is -2.41. The van der Waals surface area contributed by atoms with Gasteiger partial charge in [-0.25, -0.2) is 0 Å². The summed E-state index contributed by atoms with van der Waals surface area (Å²) in [6, 6.07) is 7.46. The fourth-order valence-corrected chi connectivity index (χ4v) is 2.56. The standard InChI is InChI=1S/C16H19NO3/c1-2-12-4-3-5-14(10-12)17-11-16(20)8-6-13(7-9-16)15(18)19/h1,3-5,10,13,17,20H,6-9,11H2,(H,18,19). The number of terminal acetylenes is 1. The van der Waals surface area contributed by atoms with Crippen LogP contribution in [-0.4, -0.2) is 28.3 Å². The van der Waals surface area contributed by atoms with Crippen molar-refractivity contribution in [1.29, 1.82) is 0 Å². The summed E-state index contributed by atoms with van der Waals surface area (Å²) in [6.07, 6.45) is 7.41. The van der Waals surface area contributed by atoms with Crippen LogP contribution in [0.4, 0.5) is 5.69 Å². The molecule has 3 N–H and O–H groups in total. The Morgan fingerprint density at radius 3 is 2.75 bits per heavy atom. The first-order valence-corrected chi connectivity index (χ1v) is 6.78. The maximum atomic E-state index is 10.9. The summed E-state index contributed by atoms with van der Waals surface area (Å²) in [5, 5.41) is 22.6. The number of hydrogen-bond donors (Lipinski definition) is 3. The maximum absolute atomic E-state index is 10.9. The summed E-state index contributed by atoms with van der Waals surface area (Å²) < 4.78 is 0. The van der Waals surface area contributed by atoms with Crippen LogP contribution in [-0.2, 0) is 4.79 Å². The molecule has 0 heterocycles. The van der Waals surface area contributed by atoms with Gasteiger partial charge in [-0.1, -0.05) is 12.0 Å². The van der Waals surface area contributed by atoms with E-state index in [0.29, 0.717) is 32.2 Å². The summed E-state index contributed by atoms with van der Waals surface area (Å²) in [7, 11) is 0. The van der Waals surface area contributed by atoms with Gasteiger partial charge in [0.05, 0.1) is 11.5 Å². The molecule has 0 unspecified atom stereocenters. The van der Waals surface area contributed by atoms with Crippen molar-refractivity contribution < 1.29 is 15.0 Å². The molecule has 4 heteroatoms. The van der Waals surface area contributed by atoms with Gasteiger partial charge in [0.1, 0.15) is 0 Å². The second-order valence-electron chi connectivity index (χ2n) is 5.42. The van der Waals surface area contributed by atoms with Crippen LogP contribution in [0.15, 0.2) is 24.3 Å². The molecular formula is C16H19NO3. The van der Waals surface area contributed by atoms with Crippen molar-refractivity contribution in [3.8, 4) is 12.3 Å². The third kappa shape index (κ3) is 3.52. The molecule has 1 aliphatic carbocycles. The fraction of sp³-hybridized carbons (Fsp3) is 0.438. The van der Waals surface area contributed by atoms with Gasteiger partial charge in [0.15, 0.2) is 0 Å². The van der Waals surface area contributed by atoms with Crippen molar-refractivity contribution in [2.45, 2.75) is 31.3 Å². The lowest BCUT2D eigenvalue weighted by atomic mass is 9.79. The number of rotatable bonds is 4. The highest BCUT2D eigenvalue weighted by Gasteiger charge is 2.35. The molecule has 1 aromatic rings. The van der Waals surface area contributed by atoms with E-state index in [1.54, 1.807) is 0 Å². The largest absolute Gasteiger partial charge is 0.481 e. The molecular weight excluding hydrogens is 254 g/mol. The number of carboxylic acids is 1. The molecule has 0 aromatic heterocycles. The molecule has 106 valence electrons. The summed E-state index contributed by atoms with van der Waals surface area (Å²) in [4.78, 5) is 10.9. The number of aliphatic hydroxyl groups is 1. The number of benzene rings is 1. The zero-order chi connectivity index (χ0) is 14.6. The van der Waals surface area contributed by atoms with Crippen LogP contribution >= 0.6 is 0 Å². The third-order valence-electron chi connectivity index (χ3n) is 3.92. The van der Waals surface area contributed by atoms with Crippen LogP contribution < -0.4 is 5.32 Å². The van der Waals surface area contributed by atoms with Gasteiger partial charge in [-0.15, -0.1) is 6.42 Å². The van der Waals surface area contributed by atoms with Crippen LogP contribution in [0, 0.1) is 18.3 Å². The molecule has 0 bridgehead atoms. The average molecular weight is 273 g/mol. The normalized spacial score (nSPS) is 25.7. The van der Waals surface area contributed by atoms with Gasteiger partial charge < -0.3 is 15.5 Å². The number of anilines is 1. The van der Waals surface area contributed by atoms with E-state index in [-0.39, 0.29) is 5.92 Å². The highest BCUT2D eigenvalue weighted by molar-refractivity contribution is 5.70. The number of aliphatic carboxylic acids is 1. The zero-order valence-corrected chi connectivity index (χ0v) is 11.3. The Balaban J connectivity index is 1.90. The highest BCUT2D eigenvalue weighted by Crippen LogP contribution is 2.32. The Kier molecular flexibility index (Phi) is 4.31. The van der Waals surface area contributed by atoms with Crippen molar-refractivity contribution in [2.75, 3.05) is 11.9 Å². The van der Waals surface area contributed by atoms with Gasteiger partial charge in [0.25, 0.3) is 0 Å². The van der Waals surface area contributed by atoms with E-state index in [0.717, 1.165) is 11.3 Å². The quantitative estimate of drug-likeness (QED) is 0.735. The molecule has 20 heavy (non-hydrogen) atoms. The van der Waals surface area contributed by atoms with Crippen LogP contribution in [0.5, 0.6) is 0 Å². The predicted octanol–water partition coefficient (Wildman–Crippen LogP) is 2.09. The fourth-order valence-electron chi connectivity index (χ4n) is 2.56. The van der Waals surface area contributed by atoms with Crippen LogP contribution in [0.25, 0.3) is 0 Å². The Morgan fingerprint density at radius 2 is 2.15 bits per heavy atom. The lowest BCUT2D eigenvalue weighted by molar-refractivity contribution is -0.144. The maximum Gasteiger partial charge on any atom is 0.306 e. The van der Waals surface area contributed by atoms with E-state index < -0.39 is 11.6 Å². The summed E-state index contributed by atoms with van der Waals surface area (Å²) in [5.41, 5.74) is 0.823. The number of hydrogen-bond acceptors (Lipinski definition) is 3.